The zero-order valence-corrected chi connectivity index (χ0v) is 26.1. The Balaban J connectivity index is 1.41. The van der Waals surface area contributed by atoms with Crippen LogP contribution in [0.3, 0.4) is 0 Å². The number of likely N-dealkylation sites (tertiary alicyclic amines) is 1. The van der Waals surface area contributed by atoms with Crippen molar-refractivity contribution in [3.8, 4) is 0 Å². The molecule has 4 aliphatic rings. The minimum atomic E-state index is -1.15. The van der Waals surface area contributed by atoms with Crippen LogP contribution < -0.4 is 5.32 Å². The number of aliphatic hydroxyl groups excluding tert-OH is 1. The number of esters is 1. The molecule has 45 heavy (non-hydrogen) atoms. The first kappa shape index (κ1) is 32.9. The van der Waals surface area contributed by atoms with E-state index in [1.54, 1.807) is 17.1 Å². The molecule has 3 heterocycles. The van der Waals surface area contributed by atoms with Gasteiger partial charge in [-0.05, 0) is 44.1 Å². The van der Waals surface area contributed by atoms with Crippen LogP contribution in [0, 0.1) is 11.8 Å². The maximum atomic E-state index is 14.5. The number of carbonyl (C=O) groups is 4. The molecule has 10 nitrogen and oxygen atoms in total. The Bertz CT molecular complexity index is 1250. The van der Waals surface area contributed by atoms with Crippen molar-refractivity contribution < 1.29 is 33.8 Å². The monoisotopic (exact) mass is 621 g/mol. The average Bonchev–Trinajstić information content (AvgIpc) is 3.71. The zero-order chi connectivity index (χ0) is 32.0. The number of hydrogen-bond acceptors (Lipinski definition) is 7. The third kappa shape index (κ3) is 6.58. The summed E-state index contributed by atoms with van der Waals surface area (Å²) >= 11 is 0. The van der Waals surface area contributed by atoms with E-state index in [9.17, 15) is 24.3 Å². The number of amides is 3. The van der Waals surface area contributed by atoms with E-state index >= 15 is 0 Å². The van der Waals surface area contributed by atoms with Crippen molar-refractivity contribution in [2.24, 2.45) is 11.8 Å². The molecule has 244 valence electrons. The van der Waals surface area contributed by atoms with E-state index in [-0.39, 0.29) is 49.9 Å². The molecular weight excluding hydrogens is 574 g/mol. The molecule has 1 aliphatic carbocycles. The van der Waals surface area contributed by atoms with Gasteiger partial charge in [-0.2, -0.15) is 0 Å². The molecule has 1 saturated carbocycles. The SMILES string of the molecule is C=CCCC(=O)NC[C@@H](OC(=O)[C@@H]1[C@@H]2CC[C@]3(O2)[C@H](C(=O)N(CC=C)C2CCCCC2)N(CCCO)C(=O)[C@@H]13)c1ccccc1. The summed E-state index contributed by atoms with van der Waals surface area (Å²) in [7, 11) is 0. The number of rotatable bonds is 15. The number of nitrogens with one attached hydrogen (secondary N) is 1. The Kier molecular flexibility index (Phi) is 10.8. The molecule has 2 N–H and O–H groups in total. The van der Waals surface area contributed by atoms with Crippen LogP contribution >= 0.6 is 0 Å². The van der Waals surface area contributed by atoms with Gasteiger partial charge < -0.3 is 29.7 Å². The predicted octanol–water partition coefficient (Wildman–Crippen LogP) is 3.46. The molecule has 0 unspecified atom stereocenters. The normalized spacial score (nSPS) is 27.9. The Morgan fingerprint density at radius 3 is 2.58 bits per heavy atom. The number of fused-ring (bicyclic) bond motifs is 1. The van der Waals surface area contributed by atoms with Gasteiger partial charge >= 0.3 is 5.97 Å². The topological polar surface area (TPSA) is 125 Å². The molecule has 5 rings (SSSR count). The highest BCUT2D eigenvalue weighted by Gasteiger charge is 2.75. The molecule has 1 aromatic carbocycles. The molecular formula is C35H47N3O7. The molecule has 10 heteroatoms. The minimum Gasteiger partial charge on any atom is -0.455 e. The van der Waals surface area contributed by atoms with E-state index in [4.69, 9.17) is 9.47 Å². The quantitative estimate of drug-likeness (QED) is 0.227. The molecule has 0 aromatic heterocycles. The fourth-order valence-electron chi connectivity index (χ4n) is 7.93. The highest BCUT2D eigenvalue weighted by Crippen LogP contribution is 2.59. The summed E-state index contributed by atoms with van der Waals surface area (Å²) in [5.41, 5.74) is -0.427. The van der Waals surface area contributed by atoms with Crippen LogP contribution in [0.25, 0.3) is 0 Å². The lowest BCUT2D eigenvalue weighted by molar-refractivity contribution is -0.160. The largest absolute Gasteiger partial charge is 0.455 e. The van der Waals surface area contributed by atoms with Gasteiger partial charge in [0.1, 0.15) is 17.7 Å². The van der Waals surface area contributed by atoms with E-state index in [2.05, 4.69) is 18.5 Å². The predicted molar refractivity (Wildman–Crippen MR) is 168 cm³/mol. The lowest BCUT2D eigenvalue weighted by atomic mass is 9.70. The fourth-order valence-corrected chi connectivity index (χ4v) is 7.93. The summed E-state index contributed by atoms with van der Waals surface area (Å²) in [6.45, 7) is 8.06. The molecule has 6 atom stereocenters. The fraction of sp³-hybridized carbons (Fsp3) is 0.600. The van der Waals surface area contributed by atoms with Crippen LogP contribution in [-0.2, 0) is 28.7 Å². The summed E-state index contributed by atoms with van der Waals surface area (Å²) in [6.07, 6.45) is 9.23. The molecule has 1 spiro atoms. The van der Waals surface area contributed by atoms with Gasteiger partial charge in [0.05, 0.1) is 24.5 Å². The number of benzene rings is 1. The number of ether oxygens (including phenoxy) is 2. The third-order valence-electron chi connectivity index (χ3n) is 9.98. The highest BCUT2D eigenvalue weighted by molar-refractivity contribution is 5.98. The molecule has 2 bridgehead atoms. The second kappa shape index (κ2) is 14.7. The van der Waals surface area contributed by atoms with E-state index in [1.165, 1.54) is 0 Å². The number of aliphatic hydroxyl groups is 1. The van der Waals surface area contributed by atoms with Gasteiger partial charge in [0, 0.05) is 32.2 Å². The number of carbonyl (C=O) groups excluding carboxylic acids is 4. The van der Waals surface area contributed by atoms with Crippen molar-refractivity contribution in [1.29, 1.82) is 0 Å². The van der Waals surface area contributed by atoms with Crippen molar-refractivity contribution >= 4 is 23.7 Å². The van der Waals surface area contributed by atoms with Crippen LogP contribution in [0.4, 0.5) is 0 Å². The summed E-state index contributed by atoms with van der Waals surface area (Å²) in [6, 6.07) is 8.36. The second-order valence-electron chi connectivity index (χ2n) is 12.7. The Morgan fingerprint density at radius 1 is 1.13 bits per heavy atom. The van der Waals surface area contributed by atoms with E-state index in [0.717, 1.165) is 37.7 Å². The van der Waals surface area contributed by atoms with Crippen LogP contribution in [0.15, 0.2) is 55.6 Å². The third-order valence-corrected chi connectivity index (χ3v) is 9.98. The maximum absolute atomic E-state index is 14.5. The molecule has 0 radical (unpaired) electrons. The first-order chi connectivity index (χ1) is 21.9. The van der Waals surface area contributed by atoms with E-state index in [0.29, 0.717) is 32.2 Å². The van der Waals surface area contributed by atoms with Gasteiger partial charge in [-0.1, -0.05) is 61.7 Å². The minimum absolute atomic E-state index is 0.0576. The molecule has 3 amide bonds. The number of allylic oxidation sites excluding steroid dienone is 1. The van der Waals surface area contributed by atoms with Crippen molar-refractivity contribution in [3.63, 3.8) is 0 Å². The standard InChI is InChI=1S/C35H47N3O7/c1-3-5-17-28(40)36-23-27(24-13-8-6-9-14-24)44-34(43)29-26-18-19-35(45-26)30(29)32(41)38(21-12-22-39)31(35)33(42)37(20-4-2)25-15-10-7-11-16-25/h3-4,6,8-9,13-14,25-27,29-31,39H,1-2,5,7,10-12,15-23H2,(H,36,40)/t26-,27+,29+,30+,31-,35+/m0/s1. The summed E-state index contributed by atoms with van der Waals surface area (Å²) in [5, 5.41) is 12.5. The summed E-state index contributed by atoms with van der Waals surface area (Å²) in [5.74, 6) is -2.97. The molecule has 3 saturated heterocycles. The van der Waals surface area contributed by atoms with Crippen LogP contribution in [-0.4, -0.2) is 88.6 Å². The first-order valence-electron chi connectivity index (χ1n) is 16.5. The summed E-state index contributed by atoms with van der Waals surface area (Å²) in [4.78, 5) is 58.6. The Morgan fingerprint density at radius 2 is 1.89 bits per heavy atom. The summed E-state index contributed by atoms with van der Waals surface area (Å²) < 4.78 is 12.7. The lowest BCUT2D eigenvalue weighted by Crippen LogP contribution is -2.58. The smallest absolute Gasteiger partial charge is 0.313 e. The van der Waals surface area contributed by atoms with E-state index < -0.39 is 41.7 Å². The van der Waals surface area contributed by atoms with Crippen LogP contribution in [0.1, 0.15) is 75.9 Å². The van der Waals surface area contributed by atoms with Crippen LogP contribution in [0.2, 0.25) is 0 Å². The van der Waals surface area contributed by atoms with Crippen molar-refractivity contribution in [1.82, 2.24) is 15.1 Å². The van der Waals surface area contributed by atoms with Gasteiger partial charge in [-0.3, -0.25) is 19.2 Å². The molecule has 1 aromatic rings. The van der Waals surface area contributed by atoms with Gasteiger partial charge in [0.25, 0.3) is 0 Å². The van der Waals surface area contributed by atoms with Gasteiger partial charge in [0.2, 0.25) is 17.7 Å². The van der Waals surface area contributed by atoms with E-state index in [1.807, 2.05) is 35.2 Å². The first-order valence-corrected chi connectivity index (χ1v) is 16.5. The molecule has 4 fully saturated rings. The molecule has 3 aliphatic heterocycles. The van der Waals surface area contributed by atoms with Crippen molar-refractivity contribution in [3.05, 3.63) is 61.2 Å². The van der Waals surface area contributed by atoms with Crippen molar-refractivity contribution in [2.75, 3.05) is 26.2 Å². The Labute approximate surface area is 265 Å². The van der Waals surface area contributed by atoms with Crippen LogP contribution in [0.5, 0.6) is 0 Å². The second-order valence-corrected chi connectivity index (χ2v) is 12.7. The van der Waals surface area contributed by atoms with Gasteiger partial charge in [-0.15, -0.1) is 13.2 Å². The highest BCUT2D eigenvalue weighted by atomic mass is 16.6. The maximum Gasteiger partial charge on any atom is 0.313 e. The average molecular weight is 622 g/mol. The number of nitrogens with zero attached hydrogens (tertiary/aromatic N) is 2. The zero-order valence-electron chi connectivity index (χ0n) is 26.1. The lowest BCUT2D eigenvalue weighted by Gasteiger charge is -2.40. The Hall–Kier alpha value is -3.50. The number of hydrogen-bond donors (Lipinski definition) is 2. The van der Waals surface area contributed by atoms with Crippen molar-refractivity contribution in [2.45, 2.75) is 94.1 Å². The van der Waals surface area contributed by atoms with Gasteiger partial charge in [-0.25, -0.2) is 0 Å². The van der Waals surface area contributed by atoms with Gasteiger partial charge in [0.15, 0.2) is 0 Å².